The van der Waals surface area contributed by atoms with Crippen molar-refractivity contribution in [3.05, 3.63) is 24.2 Å². The van der Waals surface area contributed by atoms with Crippen LogP contribution >= 0.6 is 0 Å². The number of rotatable bonds is 2. The van der Waals surface area contributed by atoms with Crippen LogP contribution in [0.4, 0.5) is 0 Å². The Labute approximate surface area is 118 Å². The molecule has 4 atom stereocenters. The van der Waals surface area contributed by atoms with Crippen molar-refractivity contribution in [2.45, 2.75) is 56.2 Å². The van der Waals surface area contributed by atoms with Crippen molar-refractivity contribution in [2.75, 3.05) is 7.11 Å². The second-order valence-corrected chi connectivity index (χ2v) is 6.02. The van der Waals surface area contributed by atoms with E-state index in [0.29, 0.717) is 11.7 Å². The van der Waals surface area contributed by atoms with Crippen LogP contribution in [0, 0.1) is 5.92 Å². The fraction of sp³-hybridized carbons (Fsp3) is 0.733. The first-order chi connectivity index (χ1) is 9.79. The highest BCUT2D eigenvalue weighted by Crippen LogP contribution is 2.55. The van der Waals surface area contributed by atoms with E-state index in [1.165, 1.54) is 6.42 Å². The molecule has 4 heterocycles. The van der Waals surface area contributed by atoms with Gasteiger partial charge < -0.3 is 13.9 Å². The Balaban J connectivity index is 1.74. The zero-order valence-electron chi connectivity index (χ0n) is 11.7. The van der Waals surface area contributed by atoms with Crippen LogP contribution < -0.4 is 0 Å². The monoisotopic (exact) mass is 280 g/mol. The molecule has 0 aromatic carbocycles. The molecular weight excluding hydrogens is 260 g/mol. The van der Waals surface area contributed by atoms with E-state index >= 15 is 0 Å². The Kier molecular flexibility index (Phi) is 2.93. The molecule has 3 unspecified atom stereocenters. The van der Waals surface area contributed by atoms with E-state index in [1.54, 1.807) is 13.4 Å². The third kappa shape index (κ3) is 1.64. The van der Waals surface area contributed by atoms with Gasteiger partial charge in [-0.15, -0.1) is 0 Å². The Morgan fingerprint density at radius 3 is 2.95 bits per heavy atom. The molecule has 4 aliphatic rings. The summed E-state index contributed by atoms with van der Waals surface area (Å²) in [6, 6.07) is 3.70. The predicted molar refractivity (Wildman–Crippen MR) is 68.4 cm³/mol. The molecule has 20 heavy (non-hydrogen) atoms. The topological polar surface area (TPSA) is 50.1 Å². The van der Waals surface area contributed by atoms with Gasteiger partial charge in [0.05, 0.1) is 6.26 Å². The first-order valence-electron chi connectivity index (χ1n) is 7.40. The van der Waals surface area contributed by atoms with Gasteiger partial charge in [-0.1, -0.05) is 12.8 Å². The summed E-state index contributed by atoms with van der Waals surface area (Å²) in [5.74, 6) is 0.0980. The minimum absolute atomic E-state index is 0.408. The van der Waals surface area contributed by atoms with Crippen molar-refractivity contribution < 1.29 is 23.7 Å². The van der Waals surface area contributed by atoms with Crippen LogP contribution in [0.5, 0.6) is 0 Å². The number of furan rings is 1. The SMILES string of the molecule is COC1O[C@@]2(c3ccco3)CCC3CCCCC31OO2. The second-order valence-electron chi connectivity index (χ2n) is 6.02. The highest BCUT2D eigenvalue weighted by atomic mass is 17.3. The molecule has 1 aromatic heterocycles. The number of methoxy groups -OCH3 is 1. The van der Waals surface area contributed by atoms with Gasteiger partial charge in [0.25, 0.3) is 5.79 Å². The van der Waals surface area contributed by atoms with E-state index in [1.807, 2.05) is 12.1 Å². The average Bonchev–Trinajstić information content (AvgIpc) is 2.93. The van der Waals surface area contributed by atoms with E-state index < -0.39 is 17.7 Å². The van der Waals surface area contributed by atoms with Gasteiger partial charge in [0.2, 0.25) is 0 Å². The van der Waals surface area contributed by atoms with Gasteiger partial charge in [0, 0.05) is 13.5 Å². The van der Waals surface area contributed by atoms with Crippen LogP contribution in [0.25, 0.3) is 0 Å². The van der Waals surface area contributed by atoms with Crippen LogP contribution in [0.2, 0.25) is 0 Å². The van der Waals surface area contributed by atoms with Crippen molar-refractivity contribution >= 4 is 0 Å². The normalized spacial score (nSPS) is 44.0. The van der Waals surface area contributed by atoms with E-state index in [-0.39, 0.29) is 0 Å². The van der Waals surface area contributed by atoms with Gasteiger partial charge in [-0.05, 0) is 37.3 Å². The molecule has 3 aliphatic heterocycles. The van der Waals surface area contributed by atoms with Crippen LogP contribution in [-0.2, 0) is 25.0 Å². The van der Waals surface area contributed by atoms with Gasteiger partial charge >= 0.3 is 0 Å². The quantitative estimate of drug-likeness (QED) is 0.779. The molecule has 0 radical (unpaired) electrons. The molecule has 1 aliphatic carbocycles. The summed E-state index contributed by atoms with van der Waals surface area (Å²) in [5, 5.41) is 0. The molecule has 110 valence electrons. The van der Waals surface area contributed by atoms with E-state index in [2.05, 4.69) is 0 Å². The molecule has 1 saturated carbocycles. The fourth-order valence-corrected chi connectivity index (χ4v) is 3.96. The minimum atomic E-state index is -0.966. The van der Waals surface area contributed by atoms with Crippen LogP contribution in [0.3, 0.4) is 0 Å². The largest absolute Gasteiger partial charge is 0.464 e. The lowest BCUT2D eigenvalue weighted by Gasteiger charge is -2.49. The van der Waals surface area contributed by atoms with E-state index in [4.69, 9.17) is 23.7 Å². The molecule has 3 saturated heterocycles. The number of hydrogen-bond donors (Lipinski definition) is 0. The molecule has 1 aromatic rings. The van der Waals surface area contributed by atoms with Crippen molar-refractivity contribution in [3.8, 4) is 0 Å². The summed E-state index contributed by atoms with van der Waals surface area (Å²) in [4.78, 5) is 11.6. The van der Waals surface area contributed by atoms with Crippen molar-refractivity contribution in [2.24, 2.45) is 5.92 Å². The lowest BCUT2D eigenvalue weighted by molar-refractivity contribution is -0.561. The van der Waals surface area contributed by atoms with Crippen LogP contribution in [-0.4, -0.2) is 19.0 Å². The summed E-state index contributed by atoms with van der Waals surface area (Å²) < 4.78 is 17.3. The van der Waals surface area contributed by atoms with Crippen molar-refractivity contribution in [3.63, 3.8) is 0 Å². The smallest absolute Gasteiger partial charge is 0.262 e. The summed E-state index contributed by atoms with van der Waals surface area (Å²) in [6.45, 7) is 0. The minimum Gasteiger partial charge on any atom is -0.464 e. The second kappa shape index (κ2) is 4.56. The molecule has 5 nitrogen and oxygen atoms in total. The fourth-order valence-electron chi connectivity index (χ4n) is 3.96. The molecule has 5 rings (SSSR count). The lowest BCUT2D eigenvalue weighted by atomic mass is 9.73. The zero-order chi connectivity index (χ0) is 13.6. The molecule has 0 N–H and O–H groups in total. The number of ether oxygens (including phenoxy) is 2. The maximum Gasteiger partial charge on any atom is 0.262 e. The Hall–Kier alpha value is -0.880. The molecular formula is C15H20O5. The third-order valence-corrected chi connectivity index (χ3v) is 5.02. The van der Waals surface area contributed by atoms with E-state index in [0.717, 1.165) is 32.1 Å². The van der Waals surface area contributed by atoms with Gasteiger partial charge in [-0.2, -0.15) is 4.89 Å². The average molecular weight is 280 g/mol. The number of fused-ring (bicyclic) bond motifs is 3. The van der Waals surface area contributed by atoms with Gasteiger partial charge in [0.15, 0.2) is 17.7 Å². The molecule has 5 heteroatoms. The van der Waals surface area contributed by atoms with E-state index in [9.17, 15) is 0 Å². The number of hydrogen-bond acceptors (Lipinski definition) is 5. The first-order valence-corrected chi connectivity index (χ1v) is 7.40. The van der Waals surface area contributed by atoms with Gasteiger partial charge in [0.1, 0.15) is 0 Å². The van der Waals surface area contributed by atoms with Crippen LogP contribution in [0.15, 0.2) is 22.8 Å². The molecule has 2 bridgehead atoms. The highest BCUT2D eigenvalue weighted by Gasteiger charge is 2.62. The summed E-state index contributed by atoms with van der Waals surface area (Å²) in [6.07, 6.45) is 7.37. The zero-order valence-corrected chi connectivity index (χ0v) is 11.7. The molecule has 0 amide bonds. The van der Waals surface area contributed by atoms with Crippen LogP contribution in [0.1, 0.15) is 44.3 Å². The van der Waals surface area contributed by atoms with Gasteiger partial charge in [-0.3, -0.25) is 0 Å². The Morgan fingerprint density at radius 1 is 1.20 bits per heavy atom. The maximum atomic E-state index is 6.19. The van der Waals surface area contributed by atoms with Crippen molar-refractivity contribution in [1.82, 2.24) is 0 Å². The van der Waals surface area contributed by atoms with Crippen molar-refractivity contribution in [1.29, 1.82) is 0 Å². The predicted octanol–water partition coefficient (Wildman–Crippen LogP) is 3.11. The Bertz CT molecular complexity index is 469. The summed E-state index contributed by atoms with van der Waals surface area (Å²) >= 11 is 0. The summed E-state index contributed by atoms with van der Waals surface area (Å²) in [7, 11) is 1.67. The molecule has 4 fully saturated rings. The lowest BCUT2D eigenvalue weighted by Crippen LogP contribution is -2.59. The Morgan fingerprint density at radius 2 is 2.15 bits per heavy atom. The van der Waals surface area contributed by atoms with Gasteiger partial charge in [-0.25, -0.2) is 4.89 Å². The highest BCUT2D eigenvalue weighted by molar-refractivity contribution is 5.10. The first kappa shape index (κ1) is 12.8. The maximum absolute atomic E-state index is 6.19. The third-order valence-electron chi connectivity index (χ3n) is 5.02. The summed E-state index contributed by atoms with van der Waals surface area (Å²) in [5.41, 5.74) is -0.459. The standard InChI is InChI=1S/C15H20O5/c1-16-13-14-8-3-2-5-11(14)7-9-15(18-13,20-19-14)12-6-4-10-17-12/h4,6,10-11,13H,2-3,5,7-9H2,1H3/t11?,13?,14?,15-/m0/s1. The molecule has 1 spiro atoms.